The predicted molar refractivity (Wildman–Crippen MR) is 117 cm³/mol. The molecule has 0 unspecified atom stereocenters. The van der Waals surface area contributed by atoms with Crippen molar-refractivity contribution in [1.29, 1.82) is 0 Å². The molecule has 0 atom stereocenters. The van der Waals surface area contributed by atoms with E-state index >= 15 is 0 Å². The van der Waals surface area contributed by atoms with Gasteiger partial charge in [-0.05, 0) is 53.4 Å². The van der Waals surface area contributed by atoms with Gasteiger partial charge in [-0.15, -0.1) is 13.2 Å². The summed E-state index contributed by atoms with van der Waals surface area (Å²) >= 11 is 0. The van der Waals surface area contributed by atoms with Crippen LogP contribution in [0.1, 0.15) is 16.7 Å². The van der Waals surface area contributed by atoms with Crippen LogP contribution in [0.5, 0.6) is 5.75 Å². The van der Waals surface area contributed by atoms with E-state index in [9.17, 15) is 23.1 Å². The van der Waals surface area contributed by atoms with E-state index in [4.69, 9.17) is 4.74 Å². The SMILES string of the molecule is Cc1ccc(NC(=O)C2(c3ccc(-c4ccc(OC(F)(F)F)cc4CO)cc3)COC2)cc1. The minimum Gasteiger partial charge on any atom is -0.406 e. The lowest BCUT2D eigenvalue weighted by atomic mass is 9.77. The predicted octanol–water partition coefficient (Wildman–Crippen LogP) is 4.96. The molecule has 1 aliphatic rings. The number of alkyl halides is 3. The molecule has 1 amide bonds. The molecule has 0 aliphatic carbocycles. The Hall–Kier alpha value is -3.36. The summed E-state index contributed by atoms with van der Waals surface area (Å²) in [5.74, 6) is -0.569. The summed E-state index contributed by atoms with van der Waals surface area (Å²) in [6.07, 6.45) is -4.81. The molecule has 4 rings (SSSR count). The van der Waals surface area contributed by atoms with Gasteiger partial charge in [0, 0.05) is 5.69 Å². The minimum absolute atomic E-state index is 0.171. The second-order valence-electron chi connectivity index (χ2n) is 8.00. The molecule has 0 saturated carbocycles. The first-order valence-electron chi connectivity index (χ1n) is 10.3. The number of carbonyl (C=O) groups excluding carboxylic acids is 1. The first kappa shape index (κ1) is 22.8. The van der Waals surface area contributed by atoms with E-state index < -0.39 is 24.1 Å². The normalized spacial score (nSPS) is 14.9. The molecule has 2 N–H and O–H groups in total. The largest absolute Gasteiger partial charge is 0.573 e. The number of anilines is 1. The van der Waals surface area contributed by atoms with Crippen LogP contribution in [0.25, 0.3) is 11.1 Å². The van der Waals surface area contributed by atoms with E-state index in [-0.39, 0.29) is 19.1 Å². The summed E-state index contributed by atoms with van der Waals surface area (Å²) in [5, 5.41) is 12.6. The maximum absolute atomic E-state index is 13.1. The number of benzene rings is 3. The van der Waals surface area contributed by atoms with Crippen molar-refractivity contribution in [2.75, 3.05) is 18.5 Å². The Kier molecular flexibility index (Phi) is 6.14. The second-order valence-corrected chi connectivity index (χ2v) is 8.00. The number of ether oxygens (including phenoxy) is 2. The first-order chi connectivity index (χ1) is 15.7. The third-order valence-corrected chi connectivity index (χ3v) is 5.67. The van der Waals surface area contributed by atoms with Gasteiger partial charge < -0.3 is 19.9 Å². The topological polar surface area (TPSA) is 67.8 Å². The standard InChI is InChI=1S/C25H22F3NO4/c1-16-2-8-20(9-3-16)29-23(31)24(14-32-15-24)19-6-4-17(5-7-19)22-11-10-21(12-18(22)13-30)33-25(26,27)28/h2-12,30H,13-15H2,1H3,(H,29,31). The molecule has 0 bridgehead atoms. The molecule has 1 heterocycles. The van der Waals surface area contributed by atoms with Gasteiger partial charge in [0.15, 0.2) is 0 Å². The molecular formula is C25H22F3NO4. The average molecular weight is 457 g/mol. The van der Waals surface area contributed by atoms with Gasteiger partial charge in [0.05, 0.1) is 19.8 Å². The maximum Gasteiger partial charge on any atom is 0.573 e. The van der Waals surface area contributed by atoms with Crippen LogP contribution in [0.2, 0.25) is 0 Å². The summed E-state index contributed by atoms with van der Waals surface area (Å²) < 4.78 is 46.8. The zero-order valence-corrected chi connectivity index (χ0v) is 17.8. The Balaban J connectivity index is 1.57. The number of halogens is 3. The van der Waals surface area contributed by atoms with Crippen molar-refractivity contribution in [2.45, 2.75) is 25.3 Å². The van der Waals surface area contributed by atoms with E-state index in [0.717, 1.165) is 17.2 Å². The molecule has 8 heteroatoms. The molecule has 0 aromatic heterocycles. The zero-order chi connectivity index (χ0) is 23.6. The van der Waals surface area contributed by atoms with E-state index in [1.807, 2.05) is 31.2 Å². The fourth-order valence-corrected chi connectivity index (χ4v) is 3.77. The Morgan fingerprint density at radius 1 is 1.06 bits per heavy atom. The van der Waals surface area contributed by atoms with Crippen molar-refractivity contribution in [3.8, 4) is 16.9 Å². The molecule has 0 radical (unpaired) electrons. The number of nitrogens with one attached hydrogen (secondary N) is 1. The number of carbonyl (C=O) groups is 1. The van der Waals surface area contributed by atoms with Gasteiger partial charge in [0.2, 0.25) is 5.91 Å². The lowest BCUT2D eigenvalue weighted by Crippen LogP contribution is -2.55. The number of hydrogen-bond donors (Lipinski definition) is 2. The Morgan fingerprint density at radius 2 is 1.73 bits per heavy atom. The number of aryl methyl sites for hydroxylation is 1. The highest BCUT2D eigenvalue weighted by Crippen LogP contribution is 2.36. The van der Waals surface area contributed by atoms with Crippen molar-refractivity contribution in [3.63, 3.8) is 0 Å². The van der Waals surface area contributed by atoms with Crippen molar-refractivity contribution in [3.05, 3.63) is 83.4 Å². The summed E-state index contributed by atoms with van der Waals surface area (Å²) in [6.45, 7) is 2.00. The van der Waals surface area contributed by atoms with Crippen molar-refractivity contribution >= 4 is 11.6 Å². The van der Waals surface area contributed by atoms with Crippen LogP contribution in [0.4, 0.5) is 18.9 Å². The molecule has 1 aliphatic heterocycles. The molecule has 1 saturated heterocycles. The van der Waals surface area contributed by atoms with E-state index in [1.54, 1.807) is 24.3 Å². The summed E-state index contributed by atoms with van der Waals surface area (Å²) in [5.41, 5.74) is 3.28. The average Bonchev–Trinajstić information content (AvgIpc) is 2.74. The van der Waals surface area contributed by atoms with E-state index in [0.29, 0.717) is 22.4 Å². The van der Waals surface area contributed by atoms with Crippen molar-refractivity contribution < 1.29 is 32.5 Å². The zero-order valence-electron chi connectivity index (χ0n) is 17.8. The second kappa shape index (κ2) is 8.88. The number of aliphatic hydroxyl groups is 1. The van der Waals surface area contributed by atoms with Gasteiger partial charge in [-0.2, -0.15) is 0 Å². The van der Waals surface area contributed by atoms with Crippen LogP contribution in [0.15, 0.2) is 66.7 Å². The quantitative estimate of drug-likeness (QED) is 0.549. The smallest absolute Gasteiger partial charge is 0.406 e. The Labute approximate surface area is 188 Å². The summed E-state index contributed by atoms with van der Waals surface area (Å²) in [7, 11) is 0. The summed E-state index contributed by atoms with van der Waals surface area (Å²) in [4.78, 5) is 13.1. The van der Waals surface area contributed by atoms with Crippen LogP contribution < -0.4 is 10.1 Å². The fraction of sp³-hybridized carbons (Fsp3) is 0.240. The Morgan fingerprint density at radius 3 is 2.27 bits per heavy atom. The first-order valence-corrected chi connectivity index (χ1v) is 10.3. The molecule has 0 spiro atoms. The number of amides is 1. The van der Waals surface area contributed by atoms with Gasteiger partial charge in [-0.1, -0.05) is 48.0 Å². The van der Waals surface area contributed by atoms with Gasteiger partial charge in [-0.3, -0.25) is 4.79 Å². The highest BCUT2D eigenvalue weighted by molar-refractivity contribution is 6.00. The van der Waals surface area contributed by atoms with E-state index in [2.05, 4.69) is 10.1 Å². The molecule has 1 fully saturated rings. The minimum atomic E-state index is -4.81. The third kappa shape index (κ3) is 4.86. The number of aliphatic hydroxyl groups excluding tert-OH is 1. The molecular weight excluding hydrogens is 435 g/mol. The van der Waals surface area contributed by atoms with Crippen LogP contribution in [0, 0.1) is 6.92 Å². The monoisotopic (exact) mass is 457 g/mol. The van der Waals surface area contributed by atoms with Crippen molar-refractivity contribution in [2.24, 2.45) is 0 Å². The highest BCUT2D eigenvalue weighted by Gasteiger charge is 2.47. The van der Waals surface area contributed by atoms with Crippen LogP contribution in [0.3, 0.4) is 0 Å². The maximum atomic E-state index is 13.1. The fourth-order valence-electron chi connectivity index (χ4n) is 3.77. The molecule has 33 heavy (non-hydrogen) atoms. The molecule has 172 valence electrons. The lowest BCUT2D eigenvalue weighted by Gasteiger charge is -2.40. The molecule has 3 aromatic rings. The molecule has 3 aromatic carbocycles. The van der Waals surface area contributed by atoms with Crippen LogP contribution in [-0.4, -0.2) is 30.6 Å². The third-order valence-electron chi connectivity index (χ3n) is 5.67. The van der Waals surface area contributed by atoms with Gasteiger partial charge >= 0.3 is 6.36 Å². The van der Waals surface area contributed by atoms with Gasteiger partial charge in [0.25, 0.3) is 0 Å². The summed E-state index contributed by atoms with van der Waals surface area (Å²) in [6, 6.07) is 18.5. The van der Waals surface area contributed by atoms with E-state index in [1.165, 1.54) is 12.1 Å². The van der Waals surface area contributed by atoms with Crippen LogP contribution in [-0.2, 0) is 21.6 Å². The van der Waals surface area contributed by atoms with Gasteiger partial charge in [0.1, 0.15) is 11.2 Å². The van der Waals surface area contributed by atoms with Crippen LogP contribution >= 0.6 is 0 Å². The molecule has 5 nitrogen and oxygen atoms in total. The van der Waals surface area contributed by atoms with Crippen molar-refractivity contribution in [1.82, 2.24) is 0 Å². The lowest BCUT2D eigenvalue weighted by molar-refractivity contribution is -0.274. The number of rotatable bonds is 6. The van der Waals surface area contributed by atoms with Gasteiger partial charge in [-0.25, -0.2) is 0 Å². The number of hydrogen-bond acceptors (Lipinski definition) is 4. The Bertz CT molecular complexity index is 1140. The highest BCUT2D eigenvalue weighted by atomic mass is 19.4.